The number of amides is 1. The molecule has 1 aliphatic rings. The zero-order valence-electron chi connectivity index (χ0n) is 14.5. The number of aryl methyl sites for hydroxylation is 2. The topological polar surface area (TPSA) is 50.2 Å². The van der Waals surface area contributed by atoms with Crippen molar-refractivity contribution in [2.75, 3.05) is 11.9 Å². The van der Waals surface area contributed by atoms with Crippen LogP contribution in [0.3, 0.4) is 0 Å². The predicted octanol–water partition coefficient (Wildman–Crippen LogP) is 3.20. The Morgan fingerprint density at radius 2 is 2.21 bits per heavy atom. The van der Waals surface area contributed by atoms with Crippen LogP contribution in [0.1, 0.15) is 37.3 Å². The van der Waals surface area contributed by atoms with E-state index in [1.54, 1.807) is 6.20 Å². The molecule has 1 N–H and O–H groups in total. The van der Waals surface area contributed by atoms with Gasteiger partial charge in [-0.05, 0) is 31.7 Å². The van der Waals surface area contributed by atoms with Gasteiger partial charge >= 0.3 is 0 Å². The fraction of sp³-hybridized carbons (Fsp3) is 0.474. The zero-order valence-corrected chi connectivity index (χ0v) is 14.5. The molecule has 128 valence electrons. The predicted molar refractivity (Wildman–Crippen MR) is 95.8 cm³/mol. The van der Waals surface area contributed by atoms with Crippen molar-refractivity contribution in [3.05, 3.63) is 47.7 Å². The number of carbonyl (C=O) groups is 1. The van der Waals surface area contributed by atoms with Crippen LogP contribution in [-0.2, 0) is 17.9 Å². The van der Waals surface area contributed by atoms with E-state index in [1.807, 2.05) is 10.7 Å². The van der Waals surface area contributed by atoms with Gasteiger partial charge in [0, 0.05) is 25.2 Å². The lowest BCUT2D eigenvalue weighted by Crippen LogP contribution is -2.35. The molecule has 0 radical (unpaired) electrons. The van der Waals surface area contributed by atoms with Gasteiger partial charge in [-0.3, -0.25) is 9.69 Å². The Morgan fingerprint density at radius 3 is 2.92 bits per heavy atom. The first kappa shape index (κ1) is 16.7. The molecular formula is C19H26N4O. The summed E-state index contributed by atoms with van der Waals surface area (Å²) in [6.07, 6.45) is 5.10. The molecule has 3 rings (SSSR count). The van der Waals surface area contributed by atoms with Gasteiger partial charge < -0.3 is 5.32 Å². The molecule has 1 aromatic heterocycles. The first-order valence-electron chi connectivity index (χ1n) is 8.77. The lowest BCUT2D eigenvalue weighted by Gasteiger charge is -2.21. The third-order valence-corrected chi connectivity index (χ3v) is 4.30. The molecule has 0 aliphatic heterocycles. The van der Waals surface area contributed by atoms with Gasteiger partial charge in [0.2, 0.25) is 5.91 Å². The molecule has 0 spiro atoms. The summed E-state index contributed by atoms with van der Waals surface area (Å²) in [7, 11) is 0. The van der Waals surface area contributed by atoms with Crippen molar-refractivity contribution >= 4 is 11.7 Å². The van der Waals surface area contributed by atoms with E-state index in [1.165, 1.54) is 24.0 Å². The molecule has 0 unspecified atom stereocenters. The van der Waals surface area contributed by atoms with Crippen LogP contribution >= 0.6 is 0 Å². The maximum absolute atomic E-state index is 12.5. The zero-order chi connectivity index (χ0) is 16.9. The van der Waals surface area contributed by atoms with Crippen molar-refractivity contribution < 1.29 is 4.79 Å². The van der Waals surface area contributed by atoms with Crippen molar-refractivity contribution in [1.29, 1.82) is 0 Å². The summed E-state index contributed by atoms with van der Waals surface area (Å²) < 4.78 is 1.85. The molecule has 5 heteroatoms. The van der Waals surface area contributed by atoms with Gasteiger partial charge in [-0.15, -0.1) is 0 Å². The number of rotatable bonds is 8. The van der Waals surface area contributed by atoms with Crippen molar-refractivity contribution in [1.82, 2.24) is 14.7 Å². The van der Waals surface area contributed by atoms with E-state index >= 15 is 0 Å². The molecule has 1 fully saturated rings. The summed E-state index contributed by atoms with van der Waals surface area (Å²) in [5, 5.41) is 7.26. The van der Waals surface area contributed by atoms with Crippen LogP contribution < -0.4 is 5.32 Å². The van der Waals surface area contributed by atoms with E-state index in [-0.39, 0.29) is 5.91 Å². The summed E-state index contributed by atoms with van der Waals surface area (Å²) in [6.45, 7) is 6.28. The number of nitrogens with one attached hydrogen (secondary N) is 1. The Labute approximate surface area is 143 Å². The lowest BCUT2D eigenvalue weighted by atomic mass is 10.1. The summed E-state index contributed by atoms with van der Waals surface area (Å²) in [4.78, 5) is 14.8. The monoisotopic (exact) mass is 326 g/mol. The molecule has 2 aromatic rings. The minimum atomic E-state index is 0.0346. The van der Waals surface area contributed by atoms with Crippen LogP contribution in [0.25, 0.3) is 0 Å². The Kier molecular flexibility index (Phi) is 5.30. The molecule has 0 saturated heterocycles. The van der Waals surface area contributed by atoms with Gasteiger partial charge in [-0.2, -0.15) is 5.10 Å². The largest absolute Gasteiger partial charge is 0.310 e. The standard InChI is InChI=1S/C19H26N4O/c1-3-11-23-18(9-10-20-23)21-19(24)14-22(17-7-8-17)13-16-6-4-5-15(2)12-16/h4-6,9-10,12,17H,3,7-8,11,13-14H2,1-2H3,(H,21,24). The molecule has 0 bridgehead atoms. The van der Waals surface area contributed by atoms with Gasteiger partial charge in [-0.25, -0.2) is 4.68 Å². The normalized spacial score (nSPS) is 14.1. The van der Waals surface area contributed by atoms with Crippen LogP contribution in [0, 0.1) is 6.92 Å². The van der Waals surface area contributed by atoms with E-state index in [2.05, 4.69) is 53.4 Å². The summed E-state index contributed by atoms with van der Waals surface area (Å²) in [5.41, 5.74) is 2.53. The number of hydrogen-bond acceptors (Lipinski definition) is 3. The SMILES string of the molecule is CCCn1nccc1NC(=O)CN(Cc1cccc(C)c1)C1CC1. The second kappa shape index (κ2) is 7.62. The maximum atomic E-state index is 12.5. The molecular weight excluding hydrogens is 300 g/mol. The number of carbonyl (C=O) groups excluding carboxylic acids is 1. The molecule has 1 amide bonds. The summed E-state index contributed by atoms with van der Waals surface area (Å²) in [5.74, 6) is 0.820. The lowest BCUT2D eigenvalue weighted by molar-refractivity contribution is -0.117. The molecule has 0 atom stereocenters. The maximum Gasteiger partial charge on any atom is 0.239 e. The first-order valence-corrected chi connectivity index (χ1v) is 8.77. The van der Waals surface area contributed by atoms with Crippen LogP contribution in [0.5, 0.6) is 0 Å². The fourth-order valence-electron chi connectivity index (χ4n) is 2.99. The van der Waals surface area contributed by atoms with E-state index in [0.29, 0.717) is 12.6 Å². The minimum Gasteiger partial charge on any atom is -0.310 e. The molecule has 1 saturated carbocycles. The van der Waals surface area contributed by atoms with Gasteiger partial charge in [0.05, 0.1) is 12.7 Å². The van der Waals surface area contributed by atoms with Crippen LogP contribution in [0.2, 0.25) is 0 Å². The van der Waals surface area contributed by atoms with Crippen LogP contribution in [0.15, 0.2) is 36.5 Å². The highest BCUT2D eigenvalue weighted by Gasteiger charge is 2.30. The number of aromatic nitrogens is 2. The fourth-order valence-corrected chi connectivity index (χ4v) is 2.99. The van der Waals surface area contributed by atoms with Crippen molar-refractivity contribution in [3.8, 4) is 0 Å². The van der Waals surface area contributed by atoms with E-state index in [4.69, 9.17) is 0 Å². The van der Waals surface area contributed by atoms with E-state index in [9.17, 15) is 4.79 Å². The third kappa shape index (κ3) is 4.45. The van der Waals surface area contributed by atoms with E-state index in [0.717, 1.165) is 25.3 Å². The summed E-state index contributed by atoms with van der Waals surface area (Å²) in [6, 6.07) is 10.9. The Morgan fingerprint density at radius 1 is 1.38 bits per heavy atom. The molecule has 24 heavy (non-hydrogen) atoms. The highest BCUT2D eigenvalue weighted by atomic mass is 16.2. The van der Waals surface area contributed by atoms with Crippen molar-refractivity contribution in [3.63, 3.8) is 0 Å². The minimum absolute atomic E-state index is 0.0346. The van der Waals surface area contributed by atoms with Gasteiger partial charge in [0.1, 0.15) is 5.82 Å². The molecule has 1 aliphatic carbocycles. The van der Waals surface area contributed by atoms with Crippen LogP contribution in [-0.4, -0.2) is 33.2 Å². The average molecular weight is 326 g/mol. The Bertz CT molecular complexity index is 690. The second-order valence-electron chi connectivity index (χ2n) is 6.61. The van der Waals surface area contributed by atoms with Crippen LogP contribution in [0.4, 0.5) is 5.82 Å². The van der Waals surface area contributed by atoms with Crippen molar-refractivity contribution in [2.24, 2.45) is 0 Å². The molecule has 1 heterocycles. The van der Waals surface area contributed by atoms with Crippen molar-refractivity contribution in [2.45, 2.75) is 52.2 Å². The van der Waals surface area contributed by atoms with Gasteiger partial charge in [0.15, 0.2) is 0 Å². The van der Waals surface area contributed by atoms with Gasteiger partial charge in [0.25, 0.3) is 0 Å². The number of hydrogen-bond donors (Lipinski definition) is 1. The highest BCUT2D eigenvalue weighted by molar-refractivity contribution is 5.91. The second-order valence-corrected chi connectivity index (χ2v) is 6.61. The Balaban J connectivity index is 1.61. The third-order valence-electron chi connectivity index (χ3n) is 4.30. The number of nitrogens with zero attached hydrogens (tertiary/aromatic N) is 3. The number of anilines is 1. The average Bonchev–Trinajstić information content (AvgIpc) is 3.30. The highest BCUT2D eigenvalue weighted by Crippen LogP contribution is 2.28. The van der Waals surface area contributed by atoms with E-state index < -0.39 is 0 Å². The summed E-state index contributed by atoms with van der Waals surface area (Å²) >= 11 is 0. The molecule has 5 nitrogen and oxygen atoms in total. The number of benzene rings is 1. The first-order chi connectivity index (χ1) is 11.7. The van der Waals surface area contributed by atoms with Gasteiger partial charge in [-0.1, -0.05) is 36.8 Å². The Hall–Kier alpha value is -2.14. The smallest absolute Gasteiger partial charge is 0.239 e. The molecule has 1 aromatic carbocycles. The quantitative estimate of drug-likeness (QED) is 0.810.